The van der Waals surface area contributed by atoms with Crippen molar-refractivity contribution in [2.45, 2.75) is 25.9 Å². The van der Waals surface area contributed by atoms with Crippen LogP contribution >= 0.6 is 23.2 Å². The van der Waals surface area contributed by atoms with Crippen molar-refractivity contribution < 1.29 is 15.0 Å². The quantitative estimate of drug-likeness (QED) is 0.865. The van der Waals surface area contributed by atoms with E-state index in [-0.39, 0.29) is 12.3 Å². The zero-order valence-corrected chi connectivity index (χ0v) is 10.9. The van der Waals surface area contributed by atoms with Crippen LogP contribution in [0.2, 0.25) is 10.0 Å². The number of aliphatic carboxylic acids is 1. The molecule has 94 valence electrons. The monoisotopic (exact) mass is 276 g/mol. The Bertz CT molecular complexity index is 407. The summed E-state index contributed by atoms with van der Waals surface area (Å²) in [6, 6.07) is 4.85. The fourth-order valence-electron chi connectivity index (χ4n) is 1.66. The Balaban J connectivity index is 2.72. The molecule has 0 aliphatic heterocycles. The van der Waals surface area contributed by atoms with Crippen LogP contribution in [0.25, 0.3) is 0 Å². The second-order valence-corrected chi connectivity index (χ2v) is 4.96. The van der Waals surface area contributed by atoms with Gasteiger partial charge in [-0.05, 0) is 30.5 Å². The minimum absolute atomic E-state index is 0.0231. The van der Waals surface area contributed by atoms with Gasteiger partial charge in [-0.1, -0.05) is 30.1 Å². The molecule has 0 fully saturated rings. The first-order valence-electron chi connectivity index (χ1n) is 5.25. The summed E-state index contributed by atoms with van der Waals surface area (Å²) in [7, 11) is 0. The molecule has 0 saturated carbocycles. The lowest BCUT2D eigenvalue weighted by Crippen LogP contribution is -2.09. The van der Waals surface area contributed by atoms with Gasteiger partial charge in [-0.15, -0.1) is 0 Å². The van der Waals surface area contributed by atoms with E-state index in [0.717, 1.165) is 0 Å². The number of carbonyl (C=O) groups is 1. The van der Waals surface area contributed by atoms with Gasteiger partial charge in [0, 0.05) is 22.0 Å². The molecule has 0 heterocycles. The Hall–Kier alpha value is -0.770. The largest absolute Gasteiger partial charge is 0.481 e. The summed E-state index contributed by atoms with van der Waals surface area (Å²) < 4.78 is 0. The van der Waals surface area contributed by atoms with Crippen LogP contribution in [0.1, 0.15) is 31.4 Å². The Morgan fingerprint density at radius 2 is 2.06 bits per heavy atom. The molecule has 0 aromatic heterocycles. The fraction of sp³-hybridized carbons (Fsp3) is 0.417. The molecule has 0 amide bonds. The smallest absolute Gasteiger partial charge is 0.303 e. The number of hydrogen-bond acceptors (Lipinski definition) is 2. The lowest BCUT2D eigenvalue weighted by molar-refractivity contribution is -0.138. The fourth-order valence-corrected chi connectivity index (χ4v) is 2.08. The molecule has 0 spiro atoms. The highest BCUT2D eigenvalue weighted by molar-refractivity contribution is 6.33. The van der Waals surface area contributed by atoms with Gasteiger partial charge in [0.15, 0.2) is 0 Å². The summed E-state index contributed by atoms with van der Waals surface area (Å²) in [6.07, 6.45) is -0.433. The van der Waals surface area contributed by atoms with E-state index in [1.807, 2.05) is 0 Å². The molecular weight excluding hydrogens is 263 g/mol. The lowest BCUT2D eigenvalue weighted by atomic mass is 9.96. The van der Waals surface area contributed by atoms with Crippen molar-refractivity contribution in [3.05, 3.63) is 33.8 Å². The van der Waals surface area contributed by atoms with Crippen molar-refractivity contribution in [2.24, 2.45) is 5.92 Å². The molecule has 2 atom stereocenters. The Morgan fingerprint density at radius 3 is 2.65 bits per heavy atom. The molecule has 0 saturated heterocycles. The van der Waals surface area contributed by atoms with E-state index in [0.29, 0.717) is 22.0 Å². The van der Waals surface area contributed by atoms with Crippen LogP contribution < -0.4 is 0 Å². The van der Waals surface area contributed by atoms with Crippen molar-refractivity contribution in [3.8, 4) is 0 Å². The maximum atomic E-state index is 10.5. The zero-order chi connectivity index (χ0) is 13.0. The predicted octanol–water partition coefficient (Wildman–Crippen LogP) is 3.53. The molecule has 0 aliphatic rings. The topological polar surface area (TPSA) is 57.5 Å². The van der Waals surface area contributed by atoms with Crippen molar-refractivity contribution in [2.75, 3.05) is 0 Å². The molecule has 1 rings (SSSR count). The van der Waals surface area contributed by atoms with Crippen LogP contribution in [0.15, 0.2) is 18.2 Å². The third kappa shape index (κ3) is 4.54. The average Bonchev–Trinajstić information content (AvgIpc) is 2.20. The molecule has 3 nitrogen and oxygen atoms in total. The SMILES string of the molecule is CC(CC(=O)O)CC(O)c1cc(Cl)ccc1Cl. The van der Waals surface area contributed by atoms with Gasteiger partial charge in [-0.25, -0.2) is 0 Å². The molecule has 1 aromatic carbocycles. The first-order valence-corrected chi connectivity index (χ1v) is 6.00. The Labute approximate surface area is 110 Å². The van der Waals surface area contributed by atoms with E-state index in [9.17, 15) is 9.90 Å². The highest BCUT2D eigenvalue weighted by Crippen LogP contribution is 2.30. The van der Waals surface area contributed by atoms with Gasteiger partial charge in [0.2, 0.25) is 0 Å². The van der Waals surface area contributed by atoms with Crippen molar-refractivity contribution in [3.63, 3.8) is 0 Å². The second-order valence-electron chi connectivity index (χ2n) is 4.12. The number of carboxylic acid groups (broad SMARTS) is 1. The minimum Gasteiger partial charge on any atom is -0.481 e. The van der Waals surface area contributed by atoms with Gasteiger partial charge in [0.1, 0.15) is 0 Å². The standard InChI is InChI=1S/C12H14Cl2O3/c1-7(5-12(16)17)4-11(15)9-6-8(13)2-3-10(9)14/h2-3,6-7,11,15H,4-5H2,1H3,(H,16,17). The summed E-state index contributed by atoms with van der Waals surface area (Å²) in [5.74, 6) is -1.00. The van der Waals surface area contributed by atoms with Crippen LogP contribution in [0, 0.1) is 5.92 Å². The lowest BCUT2D eigenvalue weighted by Gasteiger charge is -2.16. The van der Waals surface area contributed by atoms with E-state index in [2.05, 4.69) is 0 Å². The average molecular weight is 277 g/mol. The number of benzene rings is 1. The maximum Gasteiger partial charge on any atom is 0.303 e. The van der Waals surface area contributed by atoms with Crippen molar-refractivity contribution in [1.29, 1.82) is 0 Å². The van der Waals surface area contributed by atoms with Gasteiger partial charge in [0.25, 0.3) is 0 Å². The van der Waals surface area contributed by atoms with Gasteiger partial charge in [-0.3, -0.25) is 4.79 Å². The summed E-state index contributed by atoms with van der Waals surface area (Å²) >= 11 is 11.8. The van der Waals surface area contributed by atoms with Crippen LogP contribution in [-0.2, 0) is 4.79 Å². The number of rotatable bonds is 5. The summed E-state index contributed by atoms with van der Waals surface area (Å²) in [5, 5.41) is 19.5. The Kier molecular flexibility index (Phi) is 5.25. The molecular formula is C12H14Cl2O3. The summed E-state index contributed by atoms with van der Waals surface area (Å²) in [4.78, 5) is 10.5. The van der Waals surface area contributed by atoms with Crippen molar-refractivity contribution >= 4 is 29.2 Å². The van der Waals surface area contributed by atoms with Gasteiger partial charge < -0.3 is 10.2 Å². The van der Waals surface area contributed by atoms with Crippen LogP contribution in [0.4, 0.5) is 0 Å². The molecule has 0 radical (unpaired) electrons. The first kappa shape index (κ1) is 14.3. The zero-order valence-electron chi connectivity index (χ0n) is 9.36. The maximum absolute atomic E-state index is 10.5. The van der Waals surface area contributed by atoms with Gasteiger partial charge in [-0.2, -0.15) is 0 Å². The number of halogens is 2. The summed E-state index contributed by atoms with van der Waals surface area (Å²) in [5.41, 5.74) is 0.538. The van der Waals surface area contributed by atoms with E-state index >= 15 is 0 Å². The van der Waals surface area contributed by atoms with Crippen molar-refractivity contribution in [1.82, 2.24) is 0 Å². The van der Waals surface area contributed by atoms with Gasteiger partial charge in [0.05, 0.1) is 6.10 Å². The Morgan fingerprint density at radius 1 is 1.41 bits per heavy atom. The molecule has 5 heteroatoms. The van der Waals surface area contributed by atoms with E-state index in [1.165, 1.54) is 0 Å². The molecule has 0 bridgehead atoms. The minimum atomic E-state index is -0.873. The van der Waals surface area contributed by atoms with Crippen LogP contribution in [0.3, 0.4) is 0 Å². The second kappa shape index (κ2) is 6.24. The first-order chi connectivity index (χ1) is 7.90. The normalized spacial score (nSPS) is 14.4. The van der Waals surface area contributed by atoms with E-state index in [1.54, 1.807) is 25.1 Å². The van der Waals surface area contributed by atoms with Crippen LogP contribution in [-0.4, -0.2) is 16.2 Å². The highest BCUT2D eigenvalue weighted by atomic mass is 35.5. The third-order valence-corrected chi connectivity index (χ3v) is 3.05. The number of carboxylic acids is 1. The molecule has 17 heavy (non-hydrogen) atoms. The number of aliphatic hydroxyl groups is 1. The summed E-state index contributed by atoms with van der Waals surface area (Å²) in [6.45, 7) is 1.77. The van der Waals surface area contributed by atoms with Gasteiger partial charge >= 0.3 is 5.97 Å². The molecule has 2 N–H and O–H groups in total. The highest BCUT2D eigenvalue weighted by Gasteiger charge is 2.17. The van der Waals surface area contributed by atoms with E-state index in [4.69, 9.17) is 28.3 Å². The van der Waals surface area contributed by atoms with E-state index < -0.39 is 12.1 Å². The van der Waals surface area contributed by atoms with Crippen LogP contribution in [0.5, 0.6) is 0 Å². The number of aliphatic hydroxyl groups excluding tert-OH is 1. The molecule has 2 unspecified atom stereocenters. The molecule has 1 aromatic rings. The third-order valence-electron chi connectivity index (χ3n) is 2.47. The molecule has 0 aliphatic carbocycles. The number of hydrogen-bond donors (Lipinski definition) is 2. The predicted molar refractivity (Wildman–Crippen MR) is 67.5 cm³/mol.